The van der Waals surface area contributed by atoms with Crippen LogP contribution < -0.4 is 0 Å². The van der Waals surface area contributed by atoms with Crippen molar-refractivity contribution in [1.82, 2.24) is 0 Å². The molecule has 0 aliphatic rings. The van der Waals surface area contributed by atoms with Crippen molar-refractivity contribution in [3.05, 3.63) is 0 Å². The highest BCUT2D eigenvalue weighted by Gasteiger charge is 1.95. The average molecular weight is 346 g/mol. The van der Waals surface area contributed by atoms with Crippen molar-refractivity contribution in [2.45, 2.75) is 13.3 Å². The van der Waals surface area contributed by atoms with E-state index in [9.17, 15) is 4.79 Å². The van der Waals surface area contributed by atoms with Gasteiger partial charge in [-0.3, -0.25) is 4.79 Å². The van der Waals surface area contributed by atoms with Crippen LogP contribution in [0.2, 0.25) is 0 Å². The van der Waals surface area contributed by atoms with E-state index < -0.39 is 0 Å². The van der Waals surface area contributed by atoms with Crippen molar-refractivity contribution in [3.63, 3.8) is 0 Å². The van der Waals surface area contributed by atoms with Crippen molar-refractivity contribution in [3.8, 4) is 12.3 Å². The van der Waals surface area contributed by atoms with Crippen LogP contribution in [-0.2, 0) is 33.2 Å². The highest BCUT2D eigenvalue weighted by molar-refractivity contribution is 5.75. The fraction of sp³-hybridized carbons (Fsp3) is 0.824. The molecule has 0 spiro atoms. The van der Waals surface area contributed by atoms with Gasteiger partial charge in [0.05, 0.1) is 72.7 Å². The lowest BCUT2D eigenvalue weighted by Crippen LogP contribution is -2.14. The maximum atomic E-state index is 10.7. The lowest BCUT2D eigenvalue weighted by Gasteiger charge is -2.07. The van der Waals surface area contributed by atoms with E-state index in [4.69, 9.17) is 34.8 Å². The molecule has 0 atom stereocenters. The van der Waals surface area contributed by atoms with Gasteiger partial charge in [0, 0.05) is 6.42 Å². The van der Waals surface area contributed by atoms with Gasteiger partial charge in [-0.2, -0.15) is 0 Å². The molecule has 0 aliphatic carbocycles. The van der Waals surface area contributed by atoms with Crippen LogP contribution in [0.3, 0.4) is 0 Å². The molecule has 0 heterocycles. The third kappa shape index (κ3) is 21.0. The summed E-state index contributed by atoms with van der Waals surface area (Å²) in [5.41, 5.74) is 0. The monoisotopic (exact) mass is 346 g/mol. The van der Waals surface area contributed by atoms with Gasteiger partial charge < -0.3 is 28.4 Å². The fourth-order valence-electron chi connectivity index (χ4n) is 1.45. The number of Topliss-reactive ketones (excluding diaryl/α,β-unsaturated/α-hetero) is 1. The van der Waals surface area contributed by atoms with E-state index in [1.54, 1.807) is 6.92 Å². The average Bonchev–Trinajstić information content (AvgIpc) is 2.56. The molecular formula is C17H30O7. The van der Waals surface area contributed by atoms with Crippen LogP contribution in [0.15, 0.2) is 0 Å². The predicted molar refractivity (Wildman–Crippen MR) is 89.0 cm³/mol. The summed E-state index contributed by atoms with van der Waals surface area (Å²) in [6.45, 7) is 7.41. The second-order valence-corrected chi connectivity index (χ2v) is 4.77. The first-order valence-electron chi connectivity index (χ1n) is 8.16. The SMILES string of the molecule is C#CCOCCOCCOCCOCCOCCOCCC(C)=O. The summed E-state index contributed by atoms with van der Waals surface area (Å²) in [5.74, 6) is 2.52. The van der Waals surface area contributed by atoms with Crippen LogP contribution in [-0.4, -0.2) is 85.1 Å². The number of hydrogen-bond acceptors (Lipinski definition) is 7. The van der Waals surface area contributed by atoms with Gasteiger partial charge in [0.25, 0.3) is 0 Å². The van der Waals surface area contributed by atoms with Crippen LogP contribution in [0.25, 0.3) is 0 Å². The maximum Gasteiger partial charge on any atom is 0.132 e. The molecule has 0 N–H and O–H groups in total. The third-order valence-corrected chi connectivity index (χ3v) is 2.64. The Bertz CT molecular complexity index is 315. The van der Waals surface area contributed by atoms with Crippen LogP contribution in [0.4, 0.5) is 0 Å². The first-order chi connectivity index (χ1) is 11.8. The Kier molecular flexibility index (Phi) is 19.2. The minimum atomic E-state index is 0.132. The highest BCUT2D eigenvalue weighted by Crippen LogP contribution is 1.86. The highest BCUT2D eigenvalue weighted by atomic mass is 16.6. The standard InChI is InChI=1S/C17H30O7/c1-3-5-19-7-9-21-11-13-23-15-16-24-14-12-22-10-8-20-6-4-17(2)18/h1H,4-16H2,2H3. The molecule has 0 rings (SSSR count). The molecule has 140 valence electrons. The molecule has 0 unspecified atom stereocenters. The van der Waals surface area contributed by atoms with Gasteiger partial charge in [0.2, 0.25) is 0 Å². The van der Waals surface area contributed by atoms with Gasteiger partial charge in [-0.25, -0.2) is 0 Å². The van der Waals surface area contributed by atoms with Crippen molar-refractivity contribution < 1.29 is 33.2 Å². The van der Waals surface area contributed by atoms with E-state index in [2.05, 4.69) is 5.92 Å². The Hall–Kier alpha value is -1.01. The number of carbonyl (C=O) groups excluding carboxylic acids is 1. The van der Waals surface area contributed by atoms with Gasteiger partial charge in [-0.05, 0) is 6.92 Å². The largest absolute Gasteiger partial charge is 0.379 e. The molecule has 0 bridgehead atoms. The molecule has 0 fully saturated rings. The second-order valence-electron chi connectivity index (χ2n) is 4.77. The Balaban J connectivity index is 2.98. The zero-order chi connectivity index (χ0) is 17.7. The molecule has 0 amide bonds. The molecule has 0 aromatic carbocycles. The molecule has 0 saturated heterocycles. The van der Waals surface area contributed by atoms with E-state index in [1.807, 2.05) is 0 Å². The first kappa shape index (κ1) is 23.0. The summed E-state index contributed by atoms with van der Waals surface area (Å²) in [6.07, 6.45) is 5.49. The molecule has 7 nitrogen and oxygen atoms in total. The number of carbonyl (C=O) groups is 1. The number of terminal acetylenes is 1. The molecule has 0 aromatic heterocycles. The normalized spacial score (nSPS) is 10.7. The lowest BCUT2D eigenvalue weighted by atomic mass is 10.3. The Labute approximate surface area is 144 Å². The fourth-order valence-corrected chi connectivity index (χ4v) is 1.45. The van der Waals surface area contributed by atoms with Crippen molar-refractivity contribution >= 4 is 5.78 Å². The quantitative estimate of drug-likeness (QED) is 0.252. The van der Waals surface area contributed by atoms with Gasteiger partial charge in [0.1, 0.15) is 12.4 Å². The van der Waals surface area contributed by atoms with Crippen LogP contribution >= 0.6 is 0 Å². The molecular weight excluding hydrogens is 316 g/mol. The summed E-state index contributed by atoms with van der Waals surface area (Å²) in [4.78, 5) is 10.7. The van der Waals surface area contributed by atoms with Crippen LogP contribution in [0, 0.1) is 12.3 Å². The number of rotatable bonds is 19. The molecule has 0 saturated carbocycles. The molecule has 0 radical (unpaired) electrons. The number of hydrogen-bond donors (Lipinski definition) is 0. The number of ketones is 1. The predicted octanol–water partition coefficient (Wildman–Crippen LogP) is 0.698. The van der Waals surface area contributed by atoms with Gasteiger partial charge in [-0.1, -0.05) is 5.92 Å². The topological polar surface area (TPSA) is 72.5 Å². The molecule has 0 aromatic rings. The Morgan fingerprint density at radius 3 is 1.33 bits per heavy atom. The second kappa shape index (κ2) is 20.0. The molecule has 24 heavy (non-hydrogen) atoms. The van der Waals surface area contributed by atoms with Crippen LogP contribution in [0.1, 0.15) is 13.3 Å². The van der Waals surface area contributed by atoms with E-state index >= 15 is 0 Å². The Morgan fingerprint density at radius 1 is 0.667 bits per heavy atom. The summed E-state index contributed by atoms with van der Waals surface area (Å²) in [6, 6.07) is 0. The van der Waals surface area contributed by atoms with Gasteiger partial charge in [-0.15, -0.1) is 6.42 Å². The van der Waals surface area contributed by atoms with E-state index in [-0.39, 0.29) is 5.78 Å². The molecule has 0 aliphatic heterocycles. The van der Waals surface area contributed by atoms with E-state index in [1.165, 1.54) is 0 Å². The van der Waals surface area contributed by atoms with Crippen molar-refractivity contribution in [2.24, 2.45) is 0 Å². The summed E-state index contributed by atoms with van der Waals surface area (Å²) in [5, 5.41) is 0. The Morgan fingerprint density at radius 2 is 1.00 bits per heavy atom. The third-order valence-electron chi connectivity index (χ3n) is 2.64. The minimum absolute atomic E-state index is 0.132. The van der Waals surface area contributed by atoms with Gasteiger partial charge in [0.15, 0.2) is 0 Å². The minimum Gasteiger partial charge on any atom is -0.379 e. The maximum absolute atomic E-state index is 10.7. The van der Waals surface area contributed by atoms with Crippen molar-refractivity contribution in [1.29, 1.82) is 0 Å². The van der Waals surface area contributed by atoms with Crippen LogP contribution in [0.5, 0.6) is 0 Å². The summed E-state index contributed by atoms with van der Waals surface area (Å²) in [7, 11) is 0. The smallest absolute Gasteiger partial charge is 0.132 e. The molecule has 7 heteroatoms. The van der Waals surface area contributed by atoms with Crippen molar-refractivity contribution in [2.75, 3.05) is 79.3 Å². The van der Waals surface area contributed by atoms with E-state index in [0.717, 1.165) is 0 Å². The zero-order valence-electron chi connectivity index (χ0n) is 14.6. The summed E-state index contributed by atoms with van der Waals surface area (Å²) >= 11 is 0. The number of ether oxygens (including phenoxy) is 6. The van der Waals surface area contributed by atoms with Gasteiger partial charge >= 0.3 is 0 Å². The van der Waals surface area contributed by atoms with E-state index in [0.29, 0.717) is 85.7 Å². The lowest BCUT2D eigenvalue weighted by molar-refractivity contribution is -0.118. The first-order valence-corrected chi connectivity index (χ1v) is 8.16. The summed E-state index contributed by atoms with van der Waals surface area (Å²) < 4.78 is 31.6. The zero-order valence-corrected chi connectivity index (χ0v) is 14.6.